The highest BCUT2D eigenvalue weighted by Crippen LogP contribution is 2.03. The van der Waals surface area contributed by atoms with Gasteiger partial charge in [-0.25, -0.2) is 4.99 Å². The molecule has 5 heteroatoms. The van der Waals surface area contributed by atoms with Crippen LogP contribution in [0.4, 0.5) is 0 Å². The number of hydrogen-bond donors (Lipinski definition) is 2. The molecule has 0 heterocycles. The molecule has 0 bridgehead atoms. The van der Waals surface area contributed by atoms with Crippen molar-refractivity contribution in [1.29, 1.82) is 5.41 Å². The molecule has 0 amide bonds. The first kappa shape index (κ1) is 13.4. The molecule has 0 saturated carbocycles. The second-order valence-corrected chi connectivity index (χ2v) is 2.74. The molecule has 0 aromatic carbocycles. The van der Waals surface area contributed by atoms with Crippen LogP contribution in [0.3, 0.4) is 0 Å². The Bertz CT molecular complexity index is 293. The van der Waals surface area contributed by atoms with Gasteiger partial charge >= 0.3 is 0 Å². The van der Waals surface area contributed by atoms with Crippen molar-refractivity contribution < 1.29 is 9.57 Å². The second-order valence-electron chi connectivity index (χ2n) is 2.74. The minimum Gasteiger partial charge on any atom is -0.504 e. The lowest BCUT2D eigenvalue weighted by atomic mass is 10.2. The second kappa shape index (κ2) is 7.75. The first-order chi connectivity index (χ1) is 7.15. The van der Waals surface area contributed by atoms with Gasteiger partial charge in [0.1, 0.15) is 12.1 Å². The van der Waals surface area contributed by atoms with Gasteiger partial charge in [-0.3, -0.25) is 5.41 Å². The number of hydrogen-bond acceptors (Lipinski definition) is 4. The number of nitrogens with one attached hydrogen (secondary N) is 2. The molecule has 0 aromatic heterocycles. The van der Waals surface area contributed by atoms with E-state index < -0.39 is 0 Å². The molecule has 2 N–H and O–H groups in total. The van der Waals surface area contributed by atoms with Gasteiger partial charge in [0.15, 0.2) is 0 Å². The quantitative estimate of drug-likeness (QED) is 0.304. The largest absolute Gasteiger partial charge is 0.504 e. The topological polar surface area (TPSA) is 66.7 Å². The van der Waals surface area contributed by atoms with E-state index in [1.165, 1.54) is 0 Å². The van der Waals surface area contributed by atoms with Crippen molar-refractivity contribution in [3.8, 4) is 0 Å². The third kappa shape index (κ3) is 5.64. The van der Waals surface area contributed by atoms with Crippen LogP contribution in [0.1, 0.15) is 13.8 Å². The highest BCUT2D eigenvalue weighted by molar-refractivity contribution is 6.10. The molecule has 15 heavy (non-hydrogen) atoms. The molecule has 0 fully saturated rings. The summed E-state index contributed by atoms with van der Waals surface area (Å²) in [5.74, 6) is 0.655. The molecule has 0 saturated heterocycles. The van der Waals surface area contributed by atoms with Crippen LogP contribution in [0, 0.1) is 5.41 Å². The number of allylic oxidation sites excluding steroid dienone is 3. The van der Waals surface area contributed by atoms with Crippen molar-refractivity contribution in [1.82, 2.24) is 5.48 Å². The Morgan fingerprint density at radius 2 is 2.07 bits per heavy atom. The van der Waals surface area contributed by atoms with E-state index in [1.807, 2.05) is 6.92 Å². The van der Waals surface area contributed by atoms with Crippen molar-refractivity contribution in [2.45, 2.75) is 13.8 Å². The Labute approximate surface area is 90.0 Å². The molecule has 0 aliphatic heterocycles. The highest BCUT2D eigenvalue weighted by Gasteiger charge is 2.00. The molecular weight excluding hydrogens is 194 g/mol. The fraction of sp³-hybridized carbons (Fsp3) is 0.400. The van der Waals surface area contributed by atoms with Gasteiger partial charge in [0.25, 0.3) is 0 Å². The molecule has 0 atom stereocenters. The summed E-state index contributed by atoms with van der Waals surface area (Å²) < 4.78 is 4.87. The summed E-state index contributed by atoms with van der Waals surface area (Å²) in [5, 5.41) is 6.94. The van der Waals surface area contributed by atoms with Crippen molar-refractivity contribution >= 4 is 12.1 Å². The van der Waals surface area contributed by atoms with E-state index in [4.69, 9.17) is 15.0 Å². The summed E-state index contributed by atoms with van der Waals surface area (Å²) in [5.41, 5.74) is 4.00. The van der Waals surface area contributed by atoms with Gasteiger partial charge in [0.2, 0.25) is 0 Å². The number of aliphatic imine (C=N–C) groups is 1. The van der Waals surface area contributed by atoms with Crippen LogP contribution in [0.15, 0.2) is 28.7 Å². The van der Waals surface area contributed by atoms with Crippen LogP contribution in [0.2, 0.25) is 0 Å². The van der Waals surface area contributed by atoms with Crippen molar-refractivity contribution in [3.05, 3.63) is 23.7 Å². The lowest BCUT2D eigenvalue weighted by Gasteiger charge is -2.04. The Kier molecular flexibility index (Phi) is 6.92. The summed E-state index contributed by atoms with van der Waals surface area (Å²) in [7, 11) is 3.23. The van der Waals surface area contributed by atoms with Crippen molar-refractivity contribution in [2.24, 2.45) is 4.99 Å². The van der Waals surface area contributed by atoms with Gasteiger partial charge in [-0.2, -0.15) is 5.48 Å². The predicted octanol–water partition coefficient (Wildman–Crippen LogP) is 1.64. The molecule has 0 unspecified atom stereocenters. The fourth-order valence-electron chi connectivity index (χ4n) is 0.943. The van der Waals surface area contributed by atoms with Gasteiger partial charge in [-0.15, -0.1) is 0 Å². The monoisotopic (exact) mass is 211 g/mol. The molecule has 5 nitrogen and oxygen atoms in total. The lowest BCUT2D eigenvalue weighted by Crippen LogP contribution is -2.07. The molecule has 0 aromatic rings. The fourth-order valence-corrected chi connectivity index (χ4v) is 0.943. The van der Waals surface area contributed by atoms with Gasteiger partial charge in [0.05, 0.1) is 19.1 Å². The molecule has 0 aliphatic rings. The van der Waals surface area contributed by atoms with Crippen LogP contribution >= 0.6 is 0 Å². The van der Waals surface area contributed by atoms with Crippen LogP contribution in [-0.4, -0.2) is 26.2 Å². The van der Waals surface area contributed by atoms with Crippen molar-refractivity contribution in [3.63, 3.8) is 0 Å². The number of hydroxylamine groups is 1. The van der Waals surface area contributed by atoms with Crippen LogP contribution < -0.4 is 5.48 Å². The molecule has 0 rings (SSSR count). The zero-order valence-electron chi connectivity index (χ0n) is 9.50. The molecule has 0 spiro atoms. The van der Waals surface area contributed by atoms with Crippen LogP contribution in [-0.2, 0) is 9.57 Å². The molecular formula is C10H17N3O2. The van der Waals surface area contributed by atoms with E-state index in [0.29, 0.717) is 11.5 Å². The summed E-state index contributed by atoms with van der Waals surface area (Å²) in [6, 6.07) is 0. The number of rotatable bonds is 6. The lowest BCUT2D eigenvalue weighted by molar-refractivity contribution is 0.128. The number of ether oxygens (including phenoxy) is 1. The van der Waals surface area contributed by atoms with E-state index in [-0.39, 0.29) is 0 Å². The highest BCUT2D eigenvalue weighted by atomic mass is 16.6. The molecule has 84 valence electrons. The first-order valence-corrected chi connectivity index (χ1v) is 4.44. The summed E-state index contributed by atoms with van der Waals surface area (Å²) >= 11 is 0. The zero-order chi connectivity index (χ0) is 11.7. The minimum atomic E-state index is 0.625. The van der Waals surface area contributed by atoms with Gasteiger partial charge < -0.3 is 9.57 Å². The normalized spacial score (nSPS) is 13.7. The van der Waals surface area contributed by atoms with E-state index in [9.17, 15) is 0 Å². The Hall–Kier alpha value is -1.62. The first-order valence-electron chi connectivity index (χ1n) is 4.44. The smallest absolute Gasteiger partial charge is 0.123 e. The van der Waals surface area contributed by atoms with E-state index in [1.54, 1.807) is 33.4 Å². The van der Waals surface area contributed by atoms with Gasteiger partial charge in [-0.1, -0.05) is 0 Å². The van der Waals surface area contributed by atoms with Crippen LogP contribution in [0.25, 0.3) is 0 Å². The van der Waals surface area contributed by atoms with E-state index in [0.717, 1.165) is 11.9 Å². The maximum atomic E-state index is 6.94. The van der Waals surface area contributed by atoms with Gasteiger partial charge in [-0.05, 0) is 13.8 Å². The Morgan fingerprint density at radius 1 is 1.40 bits per heavy atom. The minimum absolute atomic E-state index is 0.625. The average Bonchev–Trinajstić information content (AvgIpc) is 2.18. The number of nitrogens with zero attached hydrogens (tertiary/aromatic N) is 1. The Morgan fingerprint density at radius 3 is 2.53 bits per heavy atom. The zero-order valence-corrected chi connectivity index (χ0v) is 9.50. The molecule has 0 aliphatic carbocycles. The maximum Gasteiger partial charge on any atom is 0.123 e. The predicted molar refractivity (Wildman–Crippen MR) is 60.9 cm³/mol. The third-order valence-corrected chi connectivity index (χ3v) is 1.51. The van der Waals surface area contributed by atoms with Gasteiger partial charge in [0, 0.05) is 18.7 Å². The Balaban J connectivity index is 4.84. The average molecular weight is 211 g/mol. The van der Waals surface area contributed by atoms with E-state index >= 15 is 0 Å². The van der Waals surface area contributed by atoms with Crippen LogP contribution in [0.5, 0.6) is 0 Å². The van der Waals surface area contributed by atoms with E-state index in [2.05, 4.69) is 10.5 Å². The standard InChI is InChI=1S/C10H17N3O2/c1-8(6-14-4)10(13-7-11)5-9(2)15-12-3/h5-7,11-12H,1-4H3/b8-6+,9-5+,11-7?,13-10?. The summed E-state index contributed by atoms with van der Waals surface area (Å²) in [6.07, 6.45) is 4.25. The maximum absolute atomic E-state index is 6.94. The number of methoxy groups -OCH3 is 1. The SMILES string of the molecule is CNO/C(C)=C/C(=NC=N)/C(C)=C/OC. The molecule has 0 radical (unpaired) electrons. The van der Waals surface area contributed by atoms with Crippen molar-refractivity contribution in [2.75, 3.05) is 14.2 Å². The summed E-state index contributed by atoms with van der Waals surface area (Å²) in [4.78, 5) is 8.92. The summed E-state index contributed by atoms with van der Waals surface area (Å²) in [6.45, 7) is 3.63. The third-order valence-electron chi connectivity index (χ3n) is 1.51.